The van der Waals surface area contributed by atoms with Gasteiger partial charge in [0, 0.05) is 13.6 Å². The maximum Gasteiger partial charge on any atom is 0.355 e. The van der Waals surface area contributed by atoms with Crippen LogP contribution in [0, 0.1) is 6.92 Å². The third-order valence-electron chi connectivity index (χ3n) is 3.83. The topological polar surface area (TPSA) is 71.6 Å². The first-order valence-electron chi connectivity index (χ1n) is 8.31. The Hall–Kier alpha value is -2.76. The van der Waals surface area contributed by atoms with Crippen molar-refractivity contribution in [1.82, 2.24) is 4.98 Å². The van der Waals surface area contributed by atoms with Crippen molar-refractivity contribution in [2.45, 2.75) is 27.3 Å². The molecule has 134 valence electrons. The van der Waals surface area contributed by atoms with Gasteiger partial charge in [-0.1, -0.05) is 30.3 Å². The summed E-state index contributed by atoms with van der Waals surface area (Å²) in [6.45, 7) is 6.32. The predicted molar refractivity (Wildman–Crippen MR) is 96.0 cm³/mol. The smallest absolute Gasteiger partial charge is 0.355 e. The molecular formula is C19H24N2O4. The summed E-state index contributed by atoms with van der Waals surface area (Å²) in [6, 6.07) is 9.87. The summed E-state index contributed by atoms with van der Waals surface area (Å²) >= 11 is 0. The standard InChI is InChI=1S/C19H24N2O4/c1-5-24-18(22)15-13(3)16(19(23)25-6-2)20-17(15)21(4)12-14-10-8-7-9-11-14/h7-11,20H,5-6,12H2,1-4H3. The number of benzene rings is 1. The number of ether oxygens (including phenoxy) is 2. The summed E-state index contributed by atoms with van der Waals surface area (Å²) < 4.78 is 10.2. The summed E-state index contributed by atoms with van der Waals surface area (Å²) in [5.74, 6) is -0.394. The lowest BCUT2D eigenvalue weighted by molar-refractivity contribution is 0.0518. The number of hydrogen-bond donors (Lipinski definition) is 1. The molecule has 0 unspecified atom stereocenters. The Kier molecular flexibility index (Phi) is 6.22. The number of rotatable bonds is 7. The van der Waals surface area contributed by atoms with Crippen LogP contribution < -0.4 is 4.90 Å². The highest BCUT2D eigenvalue weighted by Gasteiger charge is 2.27. The van der Waals surface area contributed by atoms with Gasteiger partial charge in [-0.05, 0) is 31.9 Å². The van der Waals surface area contributed by atoms with Gasteiger partial charge in [-0.3, -0.25) is 0 Å². The average molecular weight is 344 g/mol. The van der Waals surface area contributed by atoms with Gasteiger partial charge >= 0.3 is 11.9 Å². The molecule has 1 aromatic carbocycles. The molecule has 0 bridgehead atoms. The molecule has 2 aromatic rings. The van der Waals surface area contributed by atoms with Crippen LogP contribution in [0.15, 0.2) is 30.3 Å². The molecule has 0 aliphatic rings. The minimum Gasteiger partial charge on any atom is -0.462 e. The van der Waals surface area contributed by atoms with Crippen LogP contribution in [0.2, 0.25) is 0 Å². The Morgan fingerprint density at radius 3 is 2.24 bits per heavy atom. The minimum atomic E-state index is -0.482. The molecule has 1 N–H and O–H groups in total. The molecule has 0 aliphatic carbocycles. The van der Waals surface area contributed by atoms with Gasteiger partial charge in [-0.25, -0.2) is 9.59 Å². The van der Waals surface area contributed by atoms with Gasteiger partial charge < -0.3 is 19.4 Å². The van der Waals surface area contributed by atoms with Crippen LogP contribution in [0.4, 0.5) is 5.82 Å². The Morgan fingerprint density at radius 2 is 1.64 bits per heavy atom. The van der Waals surface area contributed by atoms with Gasteiger partial charge in [0.05, 0.1) is 13.2 Å². The number of H-pyrrole nitrogens is 1. The lowest BCUT2D eigenvalue weighted by Gasteiger charge is -2.19. The molecule has 1 aromatic heterocycles. The summed E-state index contributed by atoms with van der Waals surface area (Å²) in [4.78, 5) is 29.5. The lowest BCUT2D eigenvalue weighted by atomic mass is 10.1. The minimum absolute atomic E-state index is 0.264. The number of anilines is 1. The monoisotopic (exact) mass is 344 g/mol. The Balaban J connectivity index is 2.41. The third kappa shape index (κ3) is 4.21. The van der Waals surface area contributed by atoms with Crippen molar-refractivity contribution < 1.29 is 19.1 Å². The van der Waals surface area contributed by atoms with E-state index in [9.17, 15) is 9.59 Å². The van der Waals surface area contributed by atoms with E-state index in [4.69, 9.17) is 9.47 Å². The first kappa shape index (κ1) is 18.6. The molecule has 0 saturated carbocycles. The molecule has 0 atom stereocenters. The number of esters is 2. The van der Waals surface area contributed by atoms with Gasteiger partial charge in [0.2, 0.25) is 0 Å². The zero-order valence-electron chi connectivity index (χ0n) is 15.1. The fourth-order valence-corrected chi connectivity index (χ4v) is 2.66. The number of carbonyl (C=O) groups is 2. The van der Waals surface area contributed by atoms with E-state index in [1.54, 1.807) is 20.8 Å². The highest BCUT2D eigenvalue weighted by Crippen LogP contribution is 2.28. The summed E-state index contributed by atoms with van der Waals surface area (Å²) in [7, 11) is 1.86. The van der Waals surface area contributed by atoms with Crippen molar-refractivity contribution in [3.63, 3.8) is 0 Å². The van der Waals surface area contributed by atoms with Crippen molar-refractivity contribution in [1.29, 1.82) is 0 Å². The Bertz CT molecular complexity index is 737. The van der Waals surface area contributed by atoms with Gasteiger partial charge in [-0.15, -0.1) is 0 Å². The zero-order chi connectivity index (χ0) is 18.4. The van der Waals surface area contributed by atoms with E-state index in [-0.39, 0.29) is 18.9 Å². The molecule has 25 heavy (non-hydrogen) atoms. The van der Waals surface area contributed by atoms with Crippen molar-refractivity contribution >= 4 is 17.8 Å². The van der Waals surface area contributed by atoms with Crippen molar-refractivity contribution in [3.8, 4) is 0 Å². The molecule has 0 amide bonds. The van der Waals surface area contributed by atoms with E-state index in [0.717, 1.165) is 5.56 Å². The fourth-order valence-electron chi connectivity index (χ4n) is 2.66. The van der Waals surface area contributed by atoms with Crippen molar-refractivity contribution in [2.24, 2.45) is 0 Å². The first-order chi connectivity index (χ1) is 12.0. The summed E-state index contributed by atoms with van der Waals surface area (Å²) in [5.41, 5.74) is 2.26. The molecule has 0 fully saturated rings. The van der Waals surface area contributed by atoms with Crippen LogP contribution >= 0.6 is 0 Å². The molecule has 0 spiro atoms. The zero-order valence-corrected chi connectivity index (χ0v) is 15.1. The molecule has 1 heterocycles. The highest BCUT2D eigenvalue weighted by molar-refractivity contribution is 6.02. The summed E-state index contributed by atoms with van der Waals surface area (Å²) in [6.07, 6.45) is 0. The number of carbonyl (C=O) groups excluding carboxylic acids is 2. The van der Waals surface area contributed by atoms with Gasteiger partial charge in [0.1, 0.15) is 17.1 Å². The van der Waals surface area contributed by atoms with Crippen LogP contribution in [0.5, 0.6) is 0 Å². The van der Waals surface area contributed by atoms with Crippen molar-refractivity contribution in [3.05, 3.63) is 52.7 Å². The molecule has 2 rings (SSSR count). The number of nitrogens with one attached hydrogen (secondary N) is 1. The first-order valence-corrected chi connectivity index (χ1v) is 8.31. The second-order valence-corrected chi connectivity index (χ2v) is 5.63. The number of aromatic nitrogens is 1. The predicted octanol–water partition coefficient (Wildman–Crippen LogP) is 3.31. The quantitative estimate of drug-likeness (QED) is 0.780. The maximum absolute atomic E-state index is 12.4. The fraction of sp³-hybridized carbons (Fsp3) is 0.368. The van der Waals surface area contributed by atoms with Gasteiger partial charge in [-0.2, -0.15) is 0 Å². The second kappa shape index (κ2) is 8.37. The SMILES string of the molecule is CCOC(=O)c1[nH]c(N(C)Cc2ccccc2)c(C(=O)OCC)c1C. The number of hydrogen-bond acceptors (Lipinski definition) is 5. The van der Waals surface area contributed by atoms with E-state index >= 15 is 0 Å². The number of nitrogens with zero attached hydrogens (tertiary/aromatic N) is 1. The van der Waals surface area contributed by atoms with Crippen LogP contribution in [-0.2, 0) is 16.0 Å². The van der Waals surface area contributed by atoms with Gasteiger partial charge in [0.25, 0.3) is 0 Å². The Morgan fingerprint density at radius 1 is 1.04 bits per heavy atom. The van der Waals surface area contributed by atoms with Crippen LogP contribution in [0.3, 0.4) is 0 Å². The van der Waals surface area contributed by atoms with Crippen molar-refractivity contribution in [2.75, 3.05) is 25.2 Å². The normalized spacial score (nSPS) is 10.4. The van der Waals surface area contributed by atoms with E-state index < -0.39 is 11.9 Å². The highest BCUT2D eigenvalue weighted by atomic mass is 16.5. The average Bonchev–Trinajstić information content (AvgIpc) is 2.94. The summed E-state index contributed by atoms with van der Waals surface area (Å²) in [5, 5.41) is 0. The van der Waals surface area contributed by atoms with Crippen LogP contribution in [0.25, 0.3) is 0 Å². The molecule has 6 heteroatoms. The van der Waals surface area contributed by atoms with E-state index in [2.05, 4.69) is 4.98 Å². The maximum atomic E-state index is 12.4. The van der Waals surface area contributed by atoms with E-state index in [0.29, 0.717) is 23.5 Å². The van der Waals surface area contributed by atoms with Crippen LogP contribution in [0.1, 0.15) is 45.8 Å². The second-order valence-electron chi connectivity index (χ2n) is 5.63. The van der Waals surface area contributed by atoms with E-state index in [1.165, 1.54) is 0 Å². The molecule has 6 nitrogen and oxygen atoms in total. The largest absolute Gasteiger partial charge is 0.462 e. The molecular weight excluding hydrogens is 320 g/mol. The lowest BCUT2D eigenvalue weighted by Crippen LogP contribution is -2.20. The number of aromatic amines is 1. The van der Waals surface area contributed by atoms with E-state index in [1.807, 2.05) is 42.3 Å². The molecule has 0 radical (unpaired) electrons. The molecule has 0 saturated heterocycles. The third-order valence-corrected chi connectivity index (χ3v) is 3.83. The molecule has 0 aliphatic heterocycles. The van der Waals surface area contributed by atoms with Gasteiger partial charge in [0.15, 0.2) is 0 Å². The van der Waals surface area contributed by atoms with Crippen LogP contribution in [-0.4, -0.2) is 37.2 Å². The Labute approximate surface area is 147 Å².